The van der Waals surface area contributed by atoms with Crippen LogP contribution in [0.5, 0.6) is 11.5 Å². The number of hydrogen-bond acceptors (Lipinski definition) is 5. The van der Waals surface area contributed by atoms with E-state index in [1.54, 1.807) is 0 Å². The molecule has 164 valence electrons. The standard InChI is InChI=1S/C16H24N2O2.C8H16O/c1-17-14(12-18-6-2-3-7-18)10-13-4-5-15-16(11-13)20-9-8-19-15;1-2-3-4-5-6-7-8-9/h4-5,11,14,17H,2-3,6-10,12H2,1H3;8H,2-7H2,1H3. The minimum Gasteiger partial charge on any atom is -0.486 e. The Morgan fingerprint density at radius 1 is 1.07 bits per heavy atom. The van der Waals surface area contributed by atoms with Gasteiger partial charge in [-0.2, -0.15) is 0 Å². The van der Waals surface area contributed by atoms with Crippen LogP contribution < -0.4 is 14.8 Å². The van der Waals surface area contributed by atoms with Gasteiger partial charge in [0.05, 0.1) is 0 Å². The Hall–Kier alpha value is -1.59. The summed E-state index contributed by atoms with van der Waals surface area (Å²) in [5, 5.41) is 3.44. The molecule has 0 aliphatic carbocycles. The van der Waals surface area contributed by atoms with Gasteiger partial charge in [0.2, 0.25) is 0 Å². The van der Waals surface area contributed by atoms with E-state index >= 15 is 0 Å². The first kappa shape index (κ1) is 23.7. The van der Waals surface area contributed by atoms with Crippen LogP contribution in [0.2, 0.25) is 0 Å². The van der Waals surface area contributed by atoms with Gasteiger partial charge in [-0.15, -0.1) is 0 Å². The summed E-state index contributed by atoms with van der Waals surface area (Å²) in [5.41, 5.74) is 1.31. The highest BCUT2D eigenvalue weighted by Gasteiger charge is 2.18. The molecule has 2 aliphatic heterocycles. The quantitative estimate of drug-likeness (QED) is 0.442. The minimum atomic E-state index is 0.496. The third-order valence-corrected chi connectivity index (χ3v) is 5.60. The summed E-state index contributed by atoms with van der Waals surface area (Å²) in [6.45, 7) is 7.13. The van der Waals surface area contributed by atoms with Crippen molar-refractivity contribution in [1.82, 2.24) is 10.2 Å². The summed E-state index contributed by atoms with van der Waals surface area (Å²) < 4.78 is 11.2. The Kier molecular flexibility index (Phi) is 11.8. The van der Waals surface area contributed by atoms with Crippen LogP contribution in [0.25, 0.3) is 0 Å². The van der Waals surface area contributed by atoms with Crippen molar-refractivity contribution in [2.24, 2.45) is 0 Å². The molecule has 1 atom stereocenters. The molecule has 1 N–H and O–H groups in total. The highest BCUT2D eigenvalue weighted by Crippen LogP contribution is 2.31. The van der Waals surface area contributed by atoms with Gasteiger partial charge in [-0.3, -0.25) is 0 Å². The fraction of sp³-hybridized carbons (Fsp3) is 0.708. The number of likely N-dealkylation sites (N-methyl/N-ethyl adjacent to an activating group) is 1. The third-order valence-electron chi connectivity index (χ3n) is 5.60. The molecule has 29 heavy (non-hydrogen) atoms. The summed E-state index contributed by atoms with van der Waals surface area (Å²) in [6, 6.07) is 6.81. The molecule has 1 fully saturated rings. The molecule has 1 aromatic carbocycles. The molecule has 0 radical (unpaired) electrons. The van der Waals surface area contributed by atoms with Gasteiger partial charge >= 0.3 is 0 Å². The van der Waals surface area contributed by atoms with E-state index in [1.165, 1.54) is 57.2 Å². The highest BCUT2D eigenvalue weighted by molar-refractivity contribution is 5.48. The maximum atomic E-state index is 9.84. The van der Waals surface area contributed by atoms with Gasteiger partial charge in [0.1, 0.15) is 19.5 Å². The number of fused-ring (bicyclic) bond motifs is 1. The van der Waals surface area contributed by atoms with Crippen molar-refractivity contribution in [2.75, 3.05) is 39.9 Å². The molecule has 0 bridgehead atoms. The van der Waals surface area contributed by atoms with Crippen LogP contribution in [0.4, 0.5) is 0 Å². The average molecular weight is 405 g/mol. The number of rotatable bonds is 11. The fourth-order valence-electron chi connectivity index (χ4n) is 3.87. The summed E-state index contributed by atoms with van der Waals surface area (Å²) >= 11 is 0. The Balaban J connectivity index is 0.000000284. The zero-order valence-corrected chi connectivity index (χ0v) is 18.5. The maximum absolute atomic E-state index is 9.84. The van der Waals surface area contributed by atoms with Crippen LogP contribution in [0, 0.1) is 0 Å². The van der Waals surface area contributed by atoms with Gasteiger partial charge in [0.25, 0.3) is 0 Å². The van der Waals surface area contributed by atoms with Crippen molar-refractivity contribution in [3.8, 4) is 11.5 Å². The predicted molar refractivity (Wildman–Crippen MR) is 119 cm³/mol. The Morgan fingerprint density at radius 3 is 2.48 bits per heavy atom. The van der Waals surface area contributed by atoms with Crippen LogP contribution >= 0.6 is 0 Å². The van der Waals surface area contributed by atoms with Crippen molar-refractivity contribution in [2.45, 2.75) is 70.8 Å². The van der Waals surface area contributed by atoms with Gasteiger partial charge in [-0.1, -0.05) is 38.7 Å². The van der Waals surface area contributed by atoms with E-state index in [9.17, 15) is 4.79 Å². The molecule has 5 nitrogen and oxygen atoms in total. The predicted octanol–water partition coefficient (Wildman–Crippen LogP) is 4.23. The van der Waals surface area contributed by atoms with Crippen LogP contribution in [0.3, 0.4) is 0 Å². The van der Waals surface area contributed by atoms with Crippen LogP contribution in [-0.2, 0) is 11.2 Å². The Bertz CT molecular complexity index is 573. The van der Waals surface area contributed by atoms with E-state index in [4.69, 9.17) is 9.47 Å². The molecule has 2 aliphatic rings. The van der Waals surface area contributed by atoms with Gasteiger partial charge < -0.3 is 24.5 Å². The van der Waals surface area contributed by atoms with E-state index in [1.807, 2.05) is 6.07 Å². The number of nitrogens with one attached hydrogen (secondary N) is 1. The Morgan fingerprint density at radius 2 is 1.79 bits per heavy atom. The van der Waals surface area contributed by atoms with Gasteiger partial charge in [-0.25, -0.2) is 0 Å². The number of carbonyl (C=O) groups excluding carboxylic acids is 1. The first-order valence-corrected chi connectivity index (χ1v) is 11.5. The minimum absolute atomic E-state index is 0.496. The summed E-state index contributed by atoms with van der Waals surface area (Å²) in [7, 11) is 2.05. The van der Waals surface area contributed by atoms with Crippen molar-refractivity contribution in [3.63, 3.8) is 0 Å². The molecule has 5 heteroatoms. The van der Waals surface area contributed by atoms with Gasteiger partial charge in [0, 0.05) is 19.0 Å². The second-order valence-electron chi connectivity index (χ2n) is 8.05. The SMILES string of the molecule is CCCCCCCC=O.CNC(Cc1ccc2c(c1)OCCO2)CN1CCCC1. The molecule has 1 saturated heterocycles. The normalized spacial score (nSPS) is 16.8. The van der Waals surface area contributed by atoms with Crippen molar-refractivity contribution in [1.29, 1.82) is 0 Å². The molecule has 0 saturated carbocycles. The summed E-state index contributed by atoms with van der Waals surface area (Å²) in [6.07, 6.45) is 11.7. The Labute approximate surface area is 177 Å². The number of hydrogen-bond donors (Lipinski definition) is 1. The largest absolute Gasteiger partial charge is 0.486 e. The van der Waals surface area contributed by atoms with E-state index in [2.05, 4.69) is 36.3 Å². The summed E-state index contributed by atoms with van der Waals surface area (Å²) in [4.78, 5) is 12.4. The lowest BCUT2D eigenvalue weighted by Gasteiger charge is -2.24. The van der Waals surface area contributed by atoms with Crippen LogP contribution in [0.15, 0.2) is 18.2 Å². The maximum Gasteiger partial charge on any atom is 0.161 e. The first-order valence-electron chi connectivity index (χ1n) is 11.5. The third kappa shape index (κ3) is 9.18. The average Bonchev–Trinajstić information content (AvgIpc) is 3.27. The van der Waals surface area contributed by atoms with Crippen LogP contribution in [0.1, 0.15) is 63.9 Å². The smallest absolute Gasteiger partial charge is 0.161 e. The number of benzene rings is 1. The zero-order chi connectivity index (χ0) is 20.7. The fourth-order valence-corrected chi connectivity index (χ4v) is 3.87. The number of ether oxygens (including phenoxy) is 2. The number of carbonyl (C=O) groups is 1. The molecule has 0 amide bonds. The van der Waals surface area contributed by atoms with Gasteiger partial charge in [-0.05, 0) is 63.5 Å². The monoisotopic (exact) mass is 404 g/mol. The van der Waals surface area contributed by atoms with E-state index in [-0.39, 0.29) is 0 Å². The summed E-state index contributed by atoms with van der Waals surface area (Å²) in [5.74, 6) is 1.77. The highest BCUT2D eigenvalue weighted by atomic mass is 16.6. The van der Waals surface area contributed by atoms with Gasteiger partial charge in [0.15, 0.2) is 11.5 Å². The first-order chi connectivity index (χ1) is 14.3. The molecule has 1 unspecified atom stereocenters. The number of nitrogens with zero attached hydrogens (tertiary/aromatic N) is 1. The topological polar surface area (TPSA) is 50.8 Å². The number of unbranched alkanes of at least 4 members (excludes halogenated alkanes) is 5. The molecule has 1 aromatic rings. The van der Waals surface area contributed by atoms with E-state index in [0.29, 0.717) is 19.3 Å². The second-order valence-corrected chi connectivity index (χ2v) is 8.05. The molecule has 0 spiro atoms. The molecule has 2 heterocycles. The molecular weight excluding hydrogens is 364 g/mol. The lowest BCUT2D eigenvalue weighted by Crippen LogP contribution is -2.39. The number of likely N-dealkylation sites (tertiary alicyclic amines) is 1. The lowest BCUT2D eigenvalue weighted by molar-refractivity contribution is -0.107. The van der Waals surface area contributed by atoms with Crippen molar-refractivity contribution >= 4 is 6.29 Å². The van der Waals surface area contributed by atoms with E-state index in [0.717, 1.165) is 43.6 Å². The van der Waals surface area contributed by atoms with Crippen molar-refractivity contribution < 1.29 is 14.3 Å². The zero-order valence-electron chi connectivity index (χ0n) is 18.5. The lowest BCUT2D eigenvalue weighted by atomic mass is 10.0. The molecular formula is C24H40N2O3. The molecule has 0 aromatic heterocycles. The van der Waals surface area contributed by atoms with Crippen molar-refractivity contribution in [3.05, 3.63) is 23.8 Å². The van der Waals surface area contributed by atoms with E-state index < -0.39 is 0 Å². The number of aldehydes is 1. The molecule has 3 rings (SSSR count). The second kappa shape index (κ2) is 14.4. The van der Waals surface area contributed by atoms with Crippen LogP contribution in [-0.4, -0.2) is 57.1 Å².